The van der Waals surface area contributed by atoms with E-state index < -0.39 is 30.3 Å². The highest BCUT2D eigenvalue weighted by Gasteiger charge is 2.33. The molecule has 2 aliphatic rings. The Kier molecular flexibility index (Phi) is 7.34. The molecule has 2 N–H and O–H groups in total. The third-order valence-corrected chi connectivity index (χ3v) is 4.76. The van der Waals surface area contributed by atoms with Gasteiger partial charge in [0.25, 0.3) is 5.91 Å². The quantitative estimate of drug-likeness (QED) is 0.651. The van der Waals surface area contributed by atoms with Crippen molar-refractivity contribution in [1.82, 2.24) is 10.4 Å². The van der Waals surface area contributed by atoms with Crippen molar-refractivity contribution >= 4 is 23.4 Å². The van der Waals surface area contributed by atoms with Gasteiger partial charge in [-0.05, 0) is 18.2 Å². The molecule has 12 heteroatoms. The fraction of sp³-hybridized carbons (Fsp3) is 0.556. The van der Waals surface area contributed by atoms with Crippen LogP contribution in [0, 0.1) is 5.82 Å². The number of nitrogens with zero attached hydrogens (tertiary/aromatic N) is 3. The van der Waals surface area contributed by atoms with Gasteiger partial charge in [0.05, 0.1) is 37.7 Å². The molecular formula is C18H23F3N4O5. The number of hydrogen-bond acceptors (Lipinski definition) is 7. The normalized spacial score (nSPS) is 20.4. The van der Waals surface area contributed by atoms with Crippen LogP contribution >= 0.6 is 0 Å². The zero-order valence-electron chi connectivity index (χ0n) is 16.1. The van der Waals surface area contributed by atoms with Gasteiger partial charge < -0.3 is 20.1 Å². The fourth-order valence-corrected chi connectivity index (χ4v) is 3.27. The van der Waals surface area contributed by atoms with Crippen LogP contribution in [0.4, 0.5) is 29.3 Å². The van der Waals surface area contributed by atoms with Crippen molar-refractivity contribution < 1.29 is 37.4 Å². The summed E-state index contributed by atoms with van der Waals surface area (Å²) >= 11 is 0. The molecule has 2 heterocycles. The van der Waals surface area contributed by atoms with Gasteiger partial charge in [0.15, 0.2) is 0 Å². The predicted octanol–water partition coefficient (Wildman–Crippen LogP) is 0.578. The van der Waals surface area contributed by atoms with Gasteiger partial charge in [-0.15, -0.1) is 0 Å². The third kappa shape index (κ3) is 5.32. The number of rotatable bonds is 7. The van der Waals surface area contributed by atoms with Crippen molar-refractivity contribution in [3.8, 4) is 0 Å². The lowest BCUT2D eigenvalue weighted by Crippen LogP contribution is -2.37. The first kappa shape index (κ1) is 22.1. The topological polar surface area (TPSA) is 94.6 Å². The van der Waals surface area contributed by atoms with Gasteiger partial charge in [-0.1, -0.05) is 0 Å². The SMILES string of the molecule is O=C(NCC1CN(c2ccc(N3CCON(CCO)CC3)c(F)c2)C(=O)O1)C(F)F. The number of halogens is 3. The number of aliphatic hydroxyl groups is 1. The number of ether oxygens (including phenoxy) is 1. The van der Waals surface area contributed by atoms with Crippen LogP contribution in [-0.4, -0.2) is 87.2 Å². The van der Waals surface area contributed by atoms with Crippen LogP contribution in [0.15, 0.2) is 18.2 Å². The van der Waals surface area contributed by atoms with Crippen molar-refractivity contribution in [3.63, 3.8) is 0 Å². The molecule has 9 nitrogen and oxygen atoms in total. The van der Waals surface area contributed by atoms with E-state index in [2.05, 4.69) is 0 Å². The van der Waals surface area contributed by atoms with Gasteiger partial charge in [-0.2, -0.15) is 13.8 Å². The molecule has 3 rings (SSSR count). The lowest BCUT2D eigenvalue weighted by molar-refractivity contribution is -0.152. The van der Waals surface area contributed by atoms with E-state index in [-0.39, 0.29) is 25.4 Å². The van der Waals surface area contributed by atoms with Crippen LogP contribution < -0.4 is 15.1 Å². The monoisotopic (exact) mass is 432 g/mol. The summed E-state index contributed by atoms with van der Waals surface area (Å²) in [6.45, 7) is 1.84. The molecule has 2 fully saturated rings. The van der Waals surface area contributed by atoms with E-state index in [0.717, 1.165) is 0 Å². The van der Waals surface area contributed by atoms with Gasteiger partial charge in [0.1, 0.15) is 11.9 Å². The maximum Gasteiger partial charge on any atom is 0.414 e. The summed E-state index contributed by atoms with van der Waals surface area (Å²) in [4.78, 5) is 31.5. The lowest BCUT2D eigenvalue weighted by atomic mass is 10.2. The Morgan fingerprint density at radius 2 is 2.10 bits per heavy atom. The van der Waals surface area contributed by atoms with Crippen LogP contribution in [0.2, 0.25) is 0 Å². The van der Waals surface area contributed by atoms with Crippen LogP contribution in [0.3, 0.4) is 0 Å². The molecule has 1 atom stereocenters. The zero-order valence-corrected chi connectivity index (χ0v) is 16.1. The van der Waals surface area contributed by atoms with Gasteiger partial charge in [0, 0.05) is 26.2 Å². The van der Waals surface area contributed by atoms with Gasteiger partial charge >= 0.3 is 12.5 Å². The highest BCUT2D eigenvalue weighted by atomic mass is 19.3. The van der Waals surface area contributed by atoms with Gasteiger partial charge in [-0.25, -0.2) is 9.18 Å². The van der Waals surface area contributed by atoms with Gasteiger partial charge in [0.2, 0.25) is 0 Å². The Labute approximate surface area is 170 Å². The van der Waals surface area contributed by atoms with E-state index in [1.54, 1.807) is 17.2 Å². The Hall–Kier alpha value is -2.57. The maximum absolute atomic E-state index is 14.8. The molecule has 2 saturated heterocycles. The van der Waals surface area contributed by atoms with E-state index in [9.17, 15) is 22.8 Å². The number of nitrogens with one attached hydrogen (secondary N) is 1. The molecule has 166 valence electrons. The number of aliphatic hydroxyl groups excluding tert-OH is 1. The molecule has 0 radical (unpaired) electrons. The molecule has 1 aromatic carbocycles. The van der Waals surface area contributed by atoms with Gasteiger partial charge in [-0.3, -0.25) is 14.5 Å². The Morgan fingerprint density at radius 1 is 1.30 bits per heavy atom. The van der Waals surface area contributed by atoms with E-state index >= 15 is 0 Å². The Morgan fingerprint density at radius 3 is 2.80 bits per heavy atom. The number of anilines is 2. The number of hydroxylamine groups is 2. The average molecular weight is 432 g/mol. The molecule has 0 bridgehead atoms. The highest BCUT2D eigenvalue weighted by molar-refractivity contribution is 5.90. The Balaban J connectivity index is 1.62. The Bertz CT molecular complexity index is 769. The molecule has 2 aliphatic heterocycles. The predicted molar refractivity (Wildman–Crippen MR) is 99.9 cm³/mol. The highest BCUT2D eigenvalue weighted by Crippen LogP contribution is 2.28. The lowest BCUT2D eigenvalue weighted by Gasteiger charge is -2.24. The van der Waals surface area contributed by atoms with Crippen LogP contribution in [0.1, 0.15) is 0 Å². The molecule has 1 unspecified atom stereocenters. The number of carbonyl (C=O) groups is 2. The fourth-order valence-electron chi connectivity index (χ4n) is 3.27. The number of β-amino-alcohol motifs (C(OH)–C–C–N with tert-alkyl or cyclic N) is 1. The first-order valence-corrected chi connectivity index (χ1v) is 9.46. The van der Waals surface area contributed by atoms with Crippen molar-refractivity contribution in [2.45, 2.75) is 12.5 Å². The van der Waals surface area contributed by atoms with Crippen molar-refractivity contribution in [2.75, 3.05) is 62.3 Å². The summed E-state index contributed by atoms with van der Waals surface area (Å²) in [6, 6.07) is 4.32. The minimum atomic E-state index is -3.15. The number of cyclic esters (lactones) is 1. The van der Waals surface area contributed by atoms with Crippen molar-refractivity contribution in [1.29, 1.82) is 0 Å². The zero-order chi connectivity index (χ0) is 21.7. The second kappa shape index (κ2) is 9.96. The van der Waals surface area contributed by atoms with Crippen LogP contribution in [0.25, 0.3) is 0 Å². The third-order valence-electron chi connectivity index (χ3n) is 4.76. The largest absolute Gasteiger partial charge is 0.442 e. The molecule has 0 aromatic heterocycles. The van der Waals surface area contributed by atoms with E-state index in [1.807, 2.05) is 10.2 Å². The second-order valence-corrected chi connectivity index (χ2v) is 6.77. The summed E-state index contributed by atoms with van der Waals surface area (Å²) < 4.78 is 44.3. The van der Waals surface area contributed by atoms with Crippen LogP contribution in [0.5, 0.6) is 0 Å². The van der Waals surface area contributed by atoms with E-state index in [1.165, 1.54) is 11.0 Å². The minimum absolute atomic E-state index is 0.00515. The minimum Gasteiger partial charge on any atom is -0.442 e. The maximum atomic E-state index is 14.8. The molecule has 0 aliphatic carbocycles. The average Bonchev–Trinajstić information content (AvgIpc) is 2.93. The first-order valence-electron chi connectivity index (χ1n) is 9.46. The molecule has 0 saturated carbocycles. The molecular weight excluding hydrogens is 409 g/mol. The molecule has 0 spiro atoms. The number of carbonyl (C=O) groups excluding carboxylic acids is 2. The molecule has 30 heavy (non-hydrogen) atoms. The number of alkyl halides is 2. The van der Waals surface area contributed by atoms with Crippen LogP contribution in [-0.2, 0) is 14.4 Å². The van der Waals surface area contributed by atoms with E-state index in [0.29, 0.717) is 38.5 Å². The van der Waals surface area contributed by atoms with Crippen molar-refractivity contribution in [2.24, 2.45) is 0 Å². The summed E-state index contributed by atoms with van der Waals surface area (Å²) in [5.74, 6) is -1.98. The summed E-state index contributed by atoms with van der Waals surface area (Å²) in [7, 11) is 0. The summed E-state index contributed by atoms with van der Waals surface area (Å²) in [6.07, 6.45) is -4.72. The number of benzene rings is 1. The summed E-state index contributed by atoms with van der Waals surface area (Å²) in [5.41, 5.74) is 0.610. The molecule has 2 amide bonds. The van der Waals surface area contributed by atoms with E-state index in [4.69, 9.17) is 14.7 Å². The van der Waals surface area contributed by atoms with Crippen molar-refractivity contribution in [3.05, 3.63) is 24.0 Å². The number of hydrogen-bond donors (Lipinski definition) is 2. The first-order chi connectivity index (χ1) is 14.4. The standard InChI is InChI=1S/C18H23F3N4O5/c19-14-9-12(25-11-13(30-18(25)28)10-22-17(27)16(20)21)1-2-15(14)23-3-4-24(5-7-26)29-8-6-23/h1-2,9,13,16,26H,3-8,10-11H2,(H,22,27). The summed E-state index contributed by atoms with van der Waals surface area (Å²) in [5, 5.41) is 12.6. The number of amides is 2. The molecule has 1 aromatic rings. The smallest absolute Gasteiger partial charge is 0.414 e. The second-order valence-electron chi connectivity index (χ2n) is 6.77.